The predicted octanol–water partition coefficient (Wildman–Crippen LogP) is 3.20. The number of rotatable bonds is 5. The lowest BCUT2D eigenvalue weighted by molar-refractivity contribution is 0.0820. The molecule has 0 aliphatic carbocycles. The first kappa shape index (κ1) is 16.7. The molecule has 1 aliphatic rings. The average molecular weight is 356 g/mol. The first-order valence-electron chi connectivity index (χ1n) is 7.78. The van der Waals surface area contributed by atoms with Crippen LogP contribution in [0.4, 0.5) is 5.82 Å². The summed E-state index contributed by atoms with van der Waals surface area (Å²) in [5, 5.41) is 3.52. The van der Waals surface area contributed by atoms with Gasteiger partial charge in [-0.2, -0.15) is 0 Å². The topological polar surface area (TPSA) is 37.4 Å². The highest BCUT2D eigenvalue weighted by Crippen LogP contribution is 2.23. The second-order valence-corrected chi connectivity index (χ2v) is 7.06. The van der Waals surface area contributed by atoms with Crippen molar-refractivity contribution < 1.29 is 4.74 Å². The molecular formula is C16H26BrN3O. The van der Waals surface area contributed by atoms with Gasteiger partial charge in [0.25, 0.3) is 0 Å². The van der Waals surface area contributed by atoms with E-state index in [0.717, 1.165) is 49.5 Å². The van der Waals surface area contributed by atoms with Gasteiger partial charge in [0.2, 0.25) is 0 Å². The summed E-state index contributed by atoms with van der Waals surface area (Å²) in [6, 6.07) is 2.17. The van der Waals surface area contributed by atoms with E-state index in [4.69, 9.17) is 4.74 Å². The Morgan fingerprint density at radius 3 is 3.10 bits per heavy atom. The van der Waals surface area contributed by atoms with Crippen LogP contribution in [0.5, 0.6) is 0 Å². The molecule has 1 aromatic heterocycles. The lowest BCUT2D eigenvalue weighted by Gasteiger charge is -2.26. The predicted molar refractivity (Wildman–Crippen MR) is 90.7 cm³/mol. The van der Waals surface area contributed by atoms with Crippen LogP contribution in [0.25, 0.3) is 0 Å². The summed E-state index contributed by atoms with van der Waals surface area (Å²) in [5.74, 6) is 1.74. The molecule has 1 unspecified atom stereocenters. The van der Waals surface area contributed by atoms with Gasteiger partial charge in [-0.1, -0.05) is 13.8 Å². The van der Waals surface area contributed by atoms with Gasteiger partial charge in [0, 0.05) is 42.5 Å². The van der Waals surface area contributed by atoms with E-state index in [2.05, 4.69) is 58.0 Å². The van der Waals surface area contributed by atoms with Crippen LogP contribution in [-0.2, 0) is 11.3 Å². The molecule has 0 saturated carbocycles. The highest BCUT2D eigenvalue weighted by atomic mass is 79.9. The molecule has 0 radical (unpaired) electrons. The Bertz CT molecular complexity index is 453. The van der Waals surface area contributed by atoms with E-state index in [1.807, 2.05) is 6.20 Å². The average Bonchev–Trinajstić information content (AvgIpc) is 2.63. The molecule has 4 nitrogen and oxygen atoms in total. The van der Waals surface area contributed by atoms with Gasteiger partial charge in [0.1, 0.15) is 5.82 Å². The van der Waals surface area contributed by atoms with E-state index in [9.17, 15) is 0 Å². The maximum absolute atomic E-state index is 5.74. The van der Waals surface area contributed by atoms with Crippen LogP contribution in [0.15, 0.2) is 16.7 Å². The van der Waals surface area contributed by atoms with Crippen LogP contribution in [0.2, 0.25) is 0 Å². The highest BCUT2D eigenvalue weighted by molar-refractivity contribution is 9.10. The summed E-state index contributed by atoms with van der Waals surface area (Å²) in [5.41, 5.74) is 1.25. The summed E-state index contributed by atoms with van der Waals surface area (Å²) in [7, 11) is 0. The summed E-state index contributed by atoms with van der Waals surface area (Å²) in [6.45, 7) is 11.2. The fraction of sp³-hybridized carbons (Fsp3) is 0.688. The van der Waals surface area contributed by atoms with Crippen molar-refractivity contribution in [3.8, 4) is 0 Å². The Hall–Kier alpha value is -0.650. The quantitative estimate of drug-likeness (QED) is 0.879. The van der Waals surface area contributed by atoms with E-state index < -0.39 is 0 Å². The summed E-state index contributed by atoms with van der Waals surface area (Å²) >= 11 is 3.53. The minimum absolute atomic E-state index is 0.259. The molecular weight excluding hydrogens is 330 g/mol. The molecule has 0 bridgehead atoms. The SMILES string of the molecule is CC(C)CNCc1cc(Br)cnc1N1CCCOC(C)C1. The van der Waals surface area contributed by atoms with Gasteiger partial charge in [-0.3, -0.25) is 0 Å². The van der Waals surface area contributed by atoms with Crippen LogP contribution in [0, 0.1) is 5.92 Å². The van der Waals surface area contributed by atoms with Crippen molar-refractivity contribution in [1.29, 1.82) is 0 Å². The standard InChI is InChI=1S/C16H26BrN3O/c1-12(2)8-18-9-14-7-15(17)10-19-16(14)20-5-4-6-21-13(3)11-20/h7,10,12-13,18H,4-6,8-9,11H2,1-3H3. The summed E-state index contributed by atoms with van der Waals surface area (Å²) < 4.78 is 6.77. The van der Waals surface area contributed by atoms with Crippen molar-refractivity contribution in [2.45, 2.75) is 39.8 Å². The monoisotopic (exact) mass is 355 g/mol. The van der Waals surface area contributed by atoms with E-state index in [-0.39, 0.29) is 6.10 Å². The van der Waals surface area contributed by atoms with Crippen LogP contribution < -0.4 is 10.2 Å². The molecule has 1 saturated heterocycles. The second-order valence-electron chi connectivity index (χ2n) is 6.14. The van der Waals surface area contributed by atoms with Crippen LogP contribution >= 0.6 is 15.9 Å². The molecule has 2 rings (SSSR count). The number of halogens is 1. The molecule has 1 aliphatic heterocycles. The minimum atomic E-state index is 0.259. The number of nitrogens with one attached hydrogen (secondary N) is 1. The molecule has 1 N–H and O–H groups in total. The van der Waals surface area contributed by atoms with Crippen LogP contribution in [0.3, 0.4) is 0 Å². The van der Waals surface area contributed by atoms with Crippen LogP contribution in [0.1, 0.15) is 32.8 Å². The molecule has 2 heterocycles. The molecule has 118 valence electrons. The molecule has 1 fully saturated rings. The molecule has 0 spiro atoms. The normalized spacial score (nSPS) is 19.9. The third-order valence-electron chi connectivity index (χ3n) is 3.53. The van der Waals surface area contributed by atoms with Crippen molar-refractivity contribution in [2.24, 2.45) is 5.92 Å². The smallest absolute Gasteiger partial charge is 0.133 e. The molecule has 0 amide bonds. The fourth-order valence-corrected chi connectivity index (χ4v) is 2.95. The van der Waals surface area contributed by atoms with E-state index >= 15 is 0 Å². The van der Waals surface area contributed by atoms with Crippen molar-refractivity contribution in [3.63, 3.8) is 0 Å². The lowest BCUT2D eigenvalue weighted by atomic mass is 10.2. The van der Waals surface area contributed by atoms with Crippen molar-refractivity contribution in [1.82, 2.24) is 10.3 Å². The third kappa shape index (κ3) is 5.24. The summed E-state index contributed by atoms with van der Waals surface area (Å²) in [4.78, 5) is 7.02. The number of anilines is 1. The zero-order chi connectivity index (χ0) is 15.2. The van der Waals surface area contributed by atoms with Gasteiger partial charge in [-0.05, 0) is 47.8 Å². The molecule has 5 heteroatoms. The Labute approximate surface area is 136 Å². The van der Waals surface area contributed by atoms with E-state index in [0.29, 0.717) is 5.92 Å². The first-order chi connectivity index (χ1) is 10.1. The first-order valence-corrected chi connectivity index (χ1v) is 8.57. The largest absolute Gasteiger partial charge is 0.377 e. The maximum Gasteiger partial charge on any atom is 0.133 e. The number of ether oxygens (including phenoxy) is 1. The van der Waals surface area contributed by atoms with Crippen molar-refractivity contribution in [2.75, 3.05) is 31.1 Å². The molecule has 1 aromatic rings. The van der Waals surface area contributed by atoms with Gasteiger partial charge >= 0.3 is 0 Å². The van der Waals surface area contributed by atoms with Gasteiger partial charge in [-0.15, -0.1) is 0 Å². The zero-order valence-electron chi connectivity index (χ0n) is 13.2. The lowest BCUT2D eigenvalue weighted by Crippen LogP contribution is -2.32. The second kappa shape index (κ2) is 8.11. The molecule has 1 atom stereocenters. The third-order valence-corrected chi connectivity index (χ3v) is 3.96. The van der Waals surface area contributed by atoms with Crippen molar-refractivity contribution >= 4 is 21.7 Å². The number of aromatic nitrogens is 1. The Morgan fingerprint density at radius 2 is 2.33 bits per heavy atom. The molecule has 21 heavy (non-hydrogen) atoms. The van der Waals surface area contributed by atoms with Crippen molar-refractivity contribution in [3.05, 3.63) is 22.3 Å². The van der Waals surface area contributed by atoms with E-state index in [1.165, 1.54) is 5.56 Å². The number of hydrogen-bond acceptors (Lipinski definition) is 4. The van der Waals surface area contributed by atoms with Gasteiger partial charge < -0.3 is 15.0 Å². The zero-order valence-corrected chi connectivity index (χ0v) is 14.8. The Balaban J connectivity index is 2.13. The minimum Gasteiger partial charge on any atom is -0.377 e. The van der Waals surface area contributed by atoms with E-state index in [1.54, 1.807) is 0 Å². The van der Waals surface area contributed by atoms with Gasteiger partial charge in [0.15, 0.2) is 0 Å². The van der Waals surface area contributed by atoms with Gasteiger partial charge in [0.05, 0.1) is 6.10 Å². The summed E-state index contributed by atoms with van der Waals surface area (Å²) in [6.07, 6.45) is 3.20. The van der Waals surface area contributed by atoms with Gasteiger partial charge in [-0.25, -0.2) is 4.98 Å². The molecule has 0 aromatic carbocycles. The Morgan fingerprint density at radius 1 is 1.52 bits per heavy atom. The number of nitrogens with zero attached hydrogens (tertiary/aromatic N) is 2. The number of pyridine rings is 1. The Kier molecular flexibility index (Phi) is 6.45. The number of hydrogen-bond donors (Lipinski definition) is 1. The highest BCUT2D eigenvalue weighted by Gasteiger charge is 2.19. The fourth-order valence-electron chi connectivity index (χ4n) is 2.57. The maximum atomic E-state index is 5.74. The van der Waals surface area contributed by atoms with Crippen LogP contribution in [-0.4, -0.2) is 37.3 Å².